The van der Waals surface area contributed by atoms with Gasteiger partial charge in [0.2, 0.25) is 9.04 Å². The lowest BCUT2D eigenvalue weighted by Crippen LogP contribution is -2.26. The van der Waals surface area contributed by atoms with Crippen LogP contribution in [-0.2, 0) is 17.4 Å². The number of benzene rings is 2. The molecule has 2 atom stereocenters. The Morgan fingerprint density at radius 3 is 2.24 bits per heavy atom. The molecular weight excluding hydrogens is 474 g/mol. The van der Waals surface area contributed by atoms with E-state index >= 15 is 0 Å². The van der Waals surface area contributed by atoms with Gasteiger partial charge in [-0.1, -0.05) is 76.2 Å². The molecule has 0 saturated carbocycles. The van der Waals surface area contributed by atoms with E-state index in [4.69, 9.17) is 14.4 Å². The molecule has 5 nitrogen and oxygen atoms in total. The predicted octanol–water partition coefficient (Wildman–Crippen LogP) is 7.10. The van der Waals surface area contributed by atoms with Crippen molar-refractivity contribution in [3.63, 3.8) is 0 Å². The van der Waals surface area contributed by atoms with Crippen molar-refractivity contribution < 1.29 is 9.53 Å². The maximum Gasteiger partial charge on any atom is 0.205 e. The first-order chi connectivity index (χ1) is 17.5. The van der Waals surface area contributed by atoms with Gasteiger partial charge in [-0.15, -0.1) is 0 Å². The lowest BCUT2D eigenvalue weighted by atomic mass is 9.84. The zero-order chi connectivity index (χ0) is 26.9. The number of aryl methyl sites for hydroxylation is 3. The van der Waals surface area contributed by atoms with Crippen LogP contribution in [0, 0.1) is 19.3 Å². The van der Waals surface area contributed by atoms with E-state index in [1.54, 1.807) is 0 Å². The number of nitrogens with zero attached hydrogens (tertiary/aromatic N) is 3. The fourth-order valence-corrected chi connectivity index (χ4v) is 5.95. The molecule has 4 aromatic rings. The van der Waals surface area contributed by atoms with Crippen LogP contribution < -0.4 is 0 Å². The van der Waals surface area contributed by atoms with Crippen LogP contribution in [-0.4, -0.2) is 28.7 Å². The average Bonchev–Trinajstić information content (AvgIpc) is 3.19. The quantitative estimate of drug-likeness (QED) is 0.255. The van der Waals surface area contributed by atoms with Gasteiger partial charge < -0.3 is 14.1 Å². The van der Waals surface area contributed by atoms with Crippen molar-refractivity contribution in [2.75, 3.05) is 0 Å². The number of rotatable bonds is 8. The van der Waals surface area contributed by atoms with Gasteiger partial charge in [0, 0.05) is 12.1 Å². The zero-order valence-corrected chi connectivity index (χ0v) is 24.5. The van der Waals surface area contributed by atoms with Gasteiger partial charge in [0.25, 0.3) is 0 Å². The SMILES string of the molecule is CCc1nc2c(C)cc(C)nc2n1Cc1cccc(C(O)c2cccc(C(O[Si](C)C)C(C)(C)C)c2)c1. The van der Waals surface area contributed by atoms with Gasteiger partial charge in [-0.05, 0) is 66.2 Å². The van der Waals surface area contributed by atoms with Crippen LogP contribution in [0.3, 0.4) is 0 Å². The highest BCUT2D eigenvalue weighted by molar-refractivity contribution is 6.48. The highest BCUT2D eigenvalue weighted by atomic mass is 28.3. The topological polar surface area (TPSA) is 60.2 Å². The Bertz CT molecular complexity index is 1390. The van der Waals surface area contributed by atoms with Crippen LogP contribution in [0.2, 0.25) is 13.1 Å². The van der Waals surface area contributed by atoms with E-state index in [9.17, 15) is 5.11 Å². The molecular formula is C31H40N3O2Si. The van der Waals surface area contributed by atoms with Crippen LogP contribution >= 0.6 is 0 Å². The van der Waals surface area contributed by atoms with Crippen molar-refractivity contribution in [3.05, 3.63) is 93.9 Å². The molecule has 0 bridgehead atoms. The molecule has 195 valence electrons. The van der Waals surface area contributed by atoms with Crippen LogP contribution in [0.1, 0.15) is 79.2 Å². The normalized spacial score (nSPS) is 13.9. The summed E-state index contributed by atoms with van der Waals surface area (Å²) in [6, 6.07) is 18.6. The Kier molecular flexibility index (Phi) is 8.02. The van der Waals surface area contributed by atoms with E-state index in [0.29, 0.717) is 6.54 Å². The number of aliphatic hydroxyl groups is 1. The molecule has 0 aliphatic carbocycles. The minimum absolute atomic E-state index is 0.0173. The van der Waals surface area contributed by atoms with Gasteiger partial charge in [-0.25, -0.2) is 9.97 Å². The van der Waals surface area contributed by atoms with Crippen LogP contribution in [0.5, 0.6) is 0 Å². The number of aromatic nitrogens is 3. The molecule has 2 aromatic heterocycles. The summed E-state index contributed by atoms with van der Waals surface area (Å²) in [6.45, 7) is 17.9. The Labute approximate surface area is 223 Å². The second-order valence-electron chi connectivity index (χ2n) is 11.3. The number of hydrogen-bond donors (Lipinski definition) is 1. The summed E-state index contributed by atoms with van der Waals surface area (Å²) >= 11 is 0. The van der Waals surface area contributed by atoms with Gasteiger partial charge >= 0.3 is 0 Å². The molecule has 0 aliphatic rings. The van der Waals surface area contributed by atoms with E-state index in [1.807, 2.05) is 31.2 Å². The third-order valence-corrected chi connectivity index (χ3v) is 7.40. The van der Waals surface area contributed by atoms with Gasteiger partial charge in [0.05, 0.1) is 12.6 Å². The second-order valence-corrected chi connectivity index (χ2v) is 13.4. The maximum atomic E-state index is 11.4. The number of hydrogen-bond acceptors (Lipinski definition) is 4. The summed E-state index contributed by atoms with van der Waals surface area (Å²) in [5, 5.41) is 11.4. The summed E-state index contributed by atoms with van der Waals surface area (Å²) < 4.78 is 8.61. The Morgan fingerprint density at radius 2 is 1.59 bits per heavy atom. The molecule has 1 N–H and O–H groups in total. The molecule has 6 heteroatoms. The van der Waals surface area contributed by atoms with E-state index in [-0.39, 0.29) is 11.5 Å². The summed E-state index contributed by atoms with van der Waals surface area (Å²) in [5.74, 6) is 1.02. The Balaban J connectivity index is 1.66. The summed E-state index contributed by atoms with van der Waals surface area (Å²) in [7, 11) is -0.879. The molecule has 0 amide bonds. The molecule has 0 aliphatic heterocycles. The molecule has 2 heterocycles. The summed E-state index contributed by atoms with van der Waals surface area (Å²) in [6.07, 6.45) is 0.0945. The molecule has 2 unspecified atom stereocenters. The fourth-order valence-electron chi connectivity index (χ4n) is 4.99. The highest BCUT2D eigenvalue weighted by Gasteiger charge is 2.28. The molecule has 4 rings (SSSR count). The number of fused-ring (bicyclic) bond motifs is 1. The number of pyridine rings is 1. The number of aliphatic hydroxyl groups excluding tert-OH is 1. The smallest absolute Gasteiger partial charge is 0.205 e. The molecule has 2 aromatic carbocycles. The maximum absolute atomic E-state index is 11.4. The van der Waals surface area contributed by atoms with Crippen molar-refractivity contribution in [1.82, 2.24) is 14.5 Å². The van der Waals surface area contributed by atoms with Crippen LogP contribution in [0.25, 0.3) is 11.2 Å². The van der Waals surface area contributed by atoms with E-state index in [1.165, 1.54) is 0 Å². The minimum Gasteiger partial charge on any atom is -0.410 e. The van der Waals surface area contributed by atoms with Gasteiger partial charge in [0.1, 0.15) is 17.4 Å². The predicted molar refractivity (Wildman–Crippen MR) is 153 cm³/mol. The van der Waals surface area contributed by atoms with Crippen molar-refractivity contribution in [3.8, 4) is 0 Å². The van der Waals surface area contributed by atoms with Crippen LogP contribution in [0.15, 0.2) is 54.6 Å². The third kappa shape index (κ3) is 6.03. The first kappa shape index (κ1) is 27.2. The van der Waals surface area contributed by atoms with E-state index < -0.39 is 15.1 Å². The number of imidazole rings is 1. The molecule has 37 heavy (non-hydrogen) atoms. The first-order valence-electron chi connectivity index (χ1n) is 13.1. The average molecular weight is 515 g/mol. The third-order valence-electron chi connectivity index (χ3n) is 6.69. The Morgan fingerprint density at radius 1 is 0.946 bits per heavy atom. The minimum atomic E-state index is -0.879. The highest BCUT2D eigenvalue weighted by Crippen LogP contribution is 2.38. The first-order valence-corrected chi connectivity index (χ1v) is 15.6. The summed E-state index contributed by atoms with van der Waals surface area (Å²) in [5.41, 5.74) is 7.98. The zero-order valence-electron chi connectivity index (χ0n) is 23.5. The van der Waals surface area contributed by atoms with Crippen molar-refractivity contribution in [1.29, 1.82) is 0 Å². The standard InChI is InChI=1S/C31H40N3O2Si/c1-9-26-33-27-20(2)16-21(3)32-30(27)34(26)19-22-12-10-13-23(17-22)28(35)24-14-11-15-25(18-24)29(31(4,5)6)36-37(7)8/h10-18,28-29,35H,9,19H2,1-8H3. The monoisotopic (exact) mass is 514 g/mol. The molecule has 1 radical (unpaired) electrons. The molecule has 0 saturated heterocycles. The van der Waals surface area contributed by atoms with Crippen molar-refractivity contribution in [2.24, 2.45) is 5.41 Å². The van der Waals surface area contributed by atoms with E-state index in [2.05, 4.69) is 82.6 Å². The lowest BCUT2D eigenvalue weighted by molar-refractivity contribution is 0.0863. The van der Waals surface area contributed by atoms with Gasteiger partial charge in [0.15, 0.2) is 5.65 Å². The fraction of sp³-hybridized carbons (Fsp3) is 0.419. The largest absolute Gasteiger partial charge is 0.410 e. The summed E-state index contributed by atoms with van der Waals surface area (Å²) in [4.78, 5) is 9.69. The Hall–Kier alpha value is -2.80. The second kappa shape index (κ2) is 10.9. The lowest BCUT2D eigenvalue weighted by Gasteiger charge is -2.33. The van der Waals surface area contributed by atoms with E-state index in [0.717, 1.165) is 56.9 Å². The molecule has 0 spiro atoms. The van der Waals surface area contributed by atoms with Crippen LogP contribution in [0.4, 0.5) is 0 Å². The van der Waals surface area contributed by atoms with Gasteiger partial charge in [-0.3, -0.25) is 0 Å². The van der Waals surface area contributed by atoms with Gasteiger partial charge in [-0.2, -0.15) is 0 Å². The molecule has 0 fully saturated rings. The van der Waals surface area contributed by atoms with Crippen molar-refractivity contribution >= 4 is 20.2 Å². The van der Waals surface area contributed by atoms with Crippen molar-refractivity contribution in [2.45, 2.75) is 79.8 Å².